The molecule has 0 spiro atoms. The Bertz CT molecular complexity index is 568. The molecule has 1 aliphatic rings. The fraction of sp³-hybridized carbons (Fsp3) is 0.500. The van der Waals surface area contributed by atoms with E-state index < -0.39 is 0 Å². The molecule has 2 rings (SSSR count). The average molecular weight is 285 g/mol. The number of hydrogen-bond acceptors (Lipinski definition) is 2. The van der Waals surface area contributed by atoms with Gasteiger partial charge in [-0.05, 0) is 42.9 Å². The van der Waals surface area contributed by atoms with E-state index in [2.05, 4.69) is 24.1 Å². The monoisotopic (exact) mass is 285 g/mol. The van der Waals surface area contributed by atoms with E-state index in [0.717, 1.165) is 17.7 Å². The molecule has 0 saturated heterocycles. The molecular weight excluding hydrogens is 262 g/mol. The molecule has 2 N–H and O–H groups in total. The van der Waals surface area contributed by atoms with Gasteiger partial charge in [0.25, 0.3) is 5.91 Å². The Kier molecular flexibility index (Phi) is 5.41. The summed E-state index contributed by atoms with van der Waals surface area (Å²) in [5.74, 6) is 6.79. The third-order valence-electron chi connectivity index (χ3n) is 4.44. The lowest BCUT2D eigenvalue weighted by Gasteiger charge is -2.16. The van der Waals surface area contributed by atoms with Gasteiger partial charge in [0.2, 0.25) is 0 Å². The van der Waals surface area contributed by atoms with E-state index in [9.17, 15) is 4.79 Å². The van der Waals surface area contributed by atoms with E-state index in [1.54, 1.807) is 0 Å². The van der Waals surface area contributed by atoms with Gasteiger partial charge in [0.1, 0.15) is 6.61 Å². The first-order valence-corrected chi connectivity index (χ1v) is 7.61. The minimum absolute atomic E-state index is 0.0285. The second kappa shape index (κ2) is 7.28. The highest BCUT2D eigenvalue weighted by atomic mass is 16.2. The molecule has 3 heteroatoms. The average Bonchev–Trinajstić information content (AvgIpc) is 2.89. The largest absolute Gasteiger partial charge is 0.384 e. The summed E-state index contributed by atoms with van der Waals surface area (Å²) < 4.78 is 0. The van der Waals surface area contributed by atoms with E-state index >= 15 is 0 Å². The first-order chi connectivity index (χ1) is 10.1. The van der Waals surface area contributed by atoms with Crippen LogP contribution < -0.4 is 5.32 Å². The van der Waals surface area contributed by atoms with Crippen molar-refractivity contribution in [1.82, 2.24) is 5.32 Å². The molecule has 0 bridgehead atoms. The van der Waals surface area contributed by atoms with Crippen LogP contribution in [0.5, 0.6) is 0 Å². The topological polar surface area (TPSA) is 49.3 Å². The number of hydrogen-bond donors (Lipinski definition) is 2. The molecule has 1 aromatic rings. The van der Waals surface area contributed by atoms with Gasteiger partial charge in [-0.2, -0.15) is 0 Å². The Morgan fingerprint density at radius 3 is 2.90 bits per heavy atom. The summed E-state index contributed by atoms with van der Waals surface area (Å²) in [7, 11) is 0. The summed E-state index contributed by atoms with van der Waals surface area (Å²) in [6.07, 6.45) is 3.75. The van der Waals surface area contributed by atoms with Gasteiger partial charge in [-0.1, -0.05) is 37.7 Å². The normalized spacial score (nSPS) is 20.7. The smallest absolute Gasteiger partial charge is 0.251 e. The van der Waals surface area contributed by atoms with Crippen LogP contribution in [0.3, 0.4) is 0 Å². The van der Waals surface area contributed by atoms with Gasteiger partial charge in [0.15, 0.2) is 0 Å². The molecule has 2 unspecified atom stereocenters. The van der Waals surface area contributed by atoms with Crippen LogP contribution in [-0.2, 0) is 0 Å². The van der Waals surface area contributed by atoms with Crippen molar-refractivity contribution in [2.75, 3.05) is 13.2 Å². The maximum Gasteiger partial charge on any atom is 0.251 e. The fourth-order valence-electron chi connectivity index (χ4n) is 3.00. The second-order valence-corrected chi connectivity index (χ2v) is 5.82. The van der Waals surface area contributed by atoms with Gasteiger partial charge in [-0.25, -0.2) is 0 Å². The van der Waals surface area contributed by atoms with Gasteiger partial charge < -0.3 is 10.4 Å². The molecule has 1 amide bonds. The Morgan fingerprint density at radius 1 is 1.43 bits per heavy atom. The van der Waals surface area contributed by atoms with Crippen molar-refractivity contribution in [2.45, 2.75) is 33.1 Å². The number of amides is 1. The molecule has 0 radical (unpaired) electrons. The predicted octanol–water partition coefficient (Wildman–Crippen LogP) is 2.50. The molecule has 0 aromatic heterocycles. The fourth-order valence-corrected chi connectivity index (χ4v) is 3.00. The number of nitrogens with one attached hydrogen (secondary N) is 1. The van der Waals surface area contributed by atoms with Crippen LogP contribution in [0.2, 0.25) is 0 Å². The van der Waals surface area contributed by atoms with Crippen LogP contribution >= 0.6 is 0 Å². The molecule has 1 aromatic carbocycles. The van der Waals surface area contributed by atoms with Crippen molar-refractivity contribution >= 4 is 5.91 Å². The first kappa shape index (κ1) is 15.6. The highest BCUT2D eigenvalue weighted by Gasteiger charge is 2.23. The predicted molar refractivity (Wildman–Crippen MR) is 84.0 cm³/mol. The van der Waals surface area contributed by atoms with Crippen molar-refractivity contribution in [1.29, 1.82) is 0 Å². The minimum atomic E-state index is -0.171. The van der Waals surface area contributed by atoms with Gasteiger partial charge in [-0.15, -0.1) is 0 Å². The van der Waals surface area contributed by atoms with Gasteiger partial charge in [0, 0.05) is 17.7 Å². The molecule has 2 atom stereocenters. The molecule has 3 nitrogen and oxygen atoms in total. The van der Waals surface area contributed by atoms with Crippen LogP contribution in [0.25, 0.3) is 0 Å². The Balaban J connectivity index is 2.05. The third kappa shape index (κ3) is 3.86. The molecule has 0 heterocycles. The Morgan fingerprint density at radius 2 is 2.24 bits per heavy atom. The maximum absolute atomic E-state index is 12.3. The summed E-state index contributed by atoms with van der Waals surface area (Å²) in [4.78, 5) is 12.3. The molecule has 1 saturated carbocycles. The SMILES string of the molecule is Cc1c(C#CCO)cccc1C(=O)NCC1CCCC1C. The van der Waals surface area contributed by atoms with Crippen molar-refractivity contribution in [3.05, 3.63) is 34.9 Å². The van der Waals surface area contributed by atoms with Crippen molar-refractivity contribution in [3.63, 3.8) is 0 Å². The van der Waals surface area contributed by atoms with E-state index in [1.807, 2.05) is 25.1 Å². The number of benzene rings is 1. The van der Waals surface area contributed by atoms with E-state index in [1.165, 1.54) is 19.3 Å². The Labute approximate surface area is 126 Å². The number of aliphatic hydroxyl groups excluding tert-OH is 1. The zero-order valence-electron chi connectivity index (χ0n) is 12.8. The van der Waals surface area contributed by atoms with Gasteiger partial charge in [-0.3, -0.25) is 4.79 Å². The van der Waals surface area contributed by atoms with E-state index in [-0.39, 0.29) is 12.5 Å². The number of aliphatic hydroxyl groups is 1. The van der Waals surface area contributed by atoms with E-state index in [4.69, 9.17) is 5.11 Å². The lowest BCUT2D eigenvalue weighted by Crippen LogP contribution is -2.30. The van der Waals surface area contributed by atoms with Gasteiger partial charge in [0.05, 0.1) is 0 Å². The zero-order chi connectivity index (χ0) is 15.2. The summed E-state index contributed by atoms with van der Waals surface area (Å²) in [5, 5.41) is 11.8. The molecule has 0 aliphatic heterocycles. The minimum Gasteiger partial charge on any atom is -0.384 e. The van der Waals surface area contributed by atoms with Gasteiger partial charge >= 0.3 is 0 Å². The number of rotatable bonds is 3. The number of carbonyl (C=O) groups excluding carboxylic acids is 1. The summed E-state index contributed by atoms with van der Waals surface area (Å²) in [6.45, 7) is 4.75. The van der Waals surface area contributed by atoms with Crippen molar-refractivity contribution in [3.8, 4) is 11.8 Å². The summed E-state index contributed by atoms with van der Waals surface area (Å²) in [6, 6.07) is 5.53. The summed E-state index contributed by atoms with van der Waals surface area (Å²) in [5.41, 5.74) is 2.34. The third-order valence-corrected chi connectivity index (χ3v) is 4.44. The second-order valence-electron chi connectivity index (χ2n) is 5.82. The van der Waals surface area contributed by atoms with Crippen LogP contribution in [0.4, 0.5) is 0 Å². The van der Waals surface area contributed by atoms with E-state index in [0.29, 0.717) is 17.4 Å². The van der Waals surface area contributed by atoms with Crippen molar-refractivity contribution in [2.24, 2.45) is 11.8 Å². The molecular formula is C18H23NO2. The highest BCUT2D eigenvalue weighted by molar-refractivity contribution is 5.96. The summed E-state index contributed by atoms with van der Waals surface area (Å²) >= 11 is 0. The molecule has 112 valence electrons. The zero-order valence-corrected chi connectivity index (χ0v) is 12.8. The molecule has 1 fully saturated rings. The number of carbonyl (C=O) groups is 1. The van der Waals surface area contributed by atoms with Crippen LogP contribution in [0.1, 0.15) is 47.7 Å². The standard InChI is InChI=1S/C18H23NO2/c1-13-6-3-8-16(13)12-19-18(21)17-10-4-7-15(14(17)2)9-5-11-20/h4,7,10,13,16,20H,3,6,8,11-12H2,1-2H3,(H,19,21). The van der Waals surface area contributed by atoms with Crippen LogP contribution in [-0.4, -0.2) is 24.2 Å². The molecule has 1 aliphatic carbocycles. The Hall–Kier alpha value is -1.79. The first-order valence-electron chi connectivity index (χ1n) is 7.61. The van der Waals surface area contributed by atoms with Crippen LogP contribution in [0, 0.1) is 30.6 Å². The molecule has 21 heavy (non-hydrogen) atoms. The van der Waals surface area contributed by atoms with Crippen LogP contribution in [0.15, 0.2) is 18.2 Å². The van der Waals surface area contributed by atoms with Crippen molar-refractivity contribution < 1.29 is 9.90 Å². The lowest BCUT2D eigenvalue weighted by molar-refractivity contribution is 0.0944. The maximum atomic E-state index is 12.3. The highest BCUT2D eigenvalue weighted by Crippen LogP contribution is 2.30. The quantitative estimate of drug-likeness (QED) is 0.838. The lowest BCUT2D eigenvalue weighted by atomic mass is 9.97.